The zero-order valence-electron chi connectivity index (χ0n) is 9.20. The van der Waals surface area contributed by atoms with Gasteiger partial charge in [0.15, 0.2) is 0 Å². The normalized spacial score (nSPS) is 31.8. The third-order valence-electron chi connectivity index (χ3n) is 2.29. The Labute approximate surface area is 106 Å². The van der Waals surface area contributed by atoms with Gasteiger partial charge in [-0.2, -0.15) is 4.67 Å². The summed E-state index contributed by atoms with van der Waals surface area (Å²) in [6, 6.07) is 0. The molecule has 0 spiro atoms. The first-order valence-electron chi connectivity index (χ1n) is 5.09. The van der Waals surface area contributed by atoms with Crippen LogP contribution in [-0.4, -0.2) is 49.5 Å². The largest absolute Gasteiger partial charge is 0.366 e. The number of hydrogen-bond donors (Lipinski definition) is 1. The molecule has 0 aromatic carbocycles. The standard InChI is InChI=1S/C8H17Cl2N2O3P/c1-14-8-2-7-15-16(13,11-5-3-9)12(8)6-4-10/h8H,2-7H2,1H3,(H,11,13)/t8-,16?/m1/s1. The van der Waals surface area contributed by atoms with E-state index < -0.39 is 7.67 Å². The van der Waals surface area contributed by atoms with E-state index in [1.54, 1.807) is 11.8 Å². The van der Waals surface area contributed by atoms with Crippen LogP contribution in [0.25, 0.3) is 0 Å². The van der Waals surface area contributed by atoms with E-state index in [9.17, 15) is 4.57 Å². The van der Waals surface area contributed by atoms with Crippen LogP contribution in [0.5, 0.6) is 0 Å². The van der Waals surface area contributed by atoms with Gasteiger partial charge in [-0.3, -0.25) is 4.57 Å². The average Bonchev–Trinajstić information content (AvgIpc) is 2.30. The number of alkyl halides is 2. The van der Waals surface area contributed by atoms with Gasteiger partial charge in [-0.15, -0.1) is 23.2 Å². The van der Waals surface area contributed by atoms with E-state index in [0.29, 0.717) is 37.9 Å². The molecule has 0 radical (unpaired) electrons. The van der Waals surface area contributed by atoms with Gasteiger partial charge in [0, 0.05) is 38.4 Å². The molecule has 0 saturated carbocycles. The lowest BCUT2D eigenvalue weighted by Gasteiger charge is -2.39. The van der Waals surface area contributed by atoms with E-state index in [0.717, 1.165) is 0 Å². The zero-order valence-corrected chi connectivity index (χ0v) is 11.6. The number of rotatable bonds is 6. The van der Waals surface area contributed by atoms with Crippen LogP contribution in [0.15, 0.2) is 0 Å². The molecule has 5 nitrogen and oxygen atoms in total. The molecule has 1 fully saturated rings. The Morgan fingerprint density at radius 1 is 1.56 bits per heavy atom. The molecule has 0 aromatic rings. The van der Waals surface area contributed by atoms with Gasteiger partial charge >= 0.3 is 7.67 Å². The highest BCUT2D eigenvalue weighted by Crippen LogP contribution is 2.51. The van der Waals surface area contributed by atoms with Crippen LogP contribution in [-0.2, 0) is 13.8 Å². The highest BCUT2D eigenvalue weighted by Gasteiger charge is 2.40. The Morgan fingerprint density at radius 3 is 2.88 bits per heavy atom. The summed E-state index contributed by atoms with van der Waals surface area (Å²) in [6.07, 6.45) is 0.459. The minimum Gasteiger partial charge on any atom is -0.366 e. The summed E-state index contributed by atoms with van der Waals surface area (Å²) >= 11 is 11.3. The van der Waals surface area contributed by atoms with E-state index in [4.69, 9.17) is 32.5 Å². The smallest absolute Gasteiger partial charge is 0.345 e. The summed E-state index contributed by atoms with van der Waals surface area (Å²) < 4.78 is 24.7. The van der Waals surface area contributed by atoms with E-state index in [1.165, 1.54) is 0 Å². The first kappa shape index (κ1) is 14.7. The molecule has 1 N–H and O–H groups in total. The van der Waals surface area contributed by atoms with Crippen LogP contribution in [0, 0.1) is 0 Å². The molecule has 1 rings (SSSR count). The summed E-state index contributed by atoms with van der Waals surface area (Å²) in [5.74, 6) is 0.746. The fourth-order valence-corrected chi connectivity index (χ4v) is 4.20. The van der Waals surface area contributed by atoms with E-state index >= 15 is 0 Å². The highest BCUT2D eigenvalue weighted by atomic mass is 35.5. The molecule has 1 heterocycles. The summed E-state index contributed by atoms with van der Waals surface area (Å²) in [5.41, 5.74) is 0. The highest BCUT2D eigenvalue weighted by molar-refractivity contribution is 7.54. The second-order valence-electron chi connectivity index (χ2n) is 3.28. The first-order valence-corrected chi connectivity index (χ1v) is 7.74. The van der Waals surface area contributed by atoms with Crippen molar-refractivity contribution in [3.05, 3.63) is 0 Å². The zero-order chi connectivity index (χ0) is 12.0. The molecular formula is C8H17Cl2N2O3P. The van der Waals surface area contributed by atoms with Crippen molar-refractivity contribution in [1.82, 2.24) is 9.76 Å². The van der Waals surface area contributed by atoms with Gasteiger partial charge in [0.1, 0.15) is 6.23 Å². The predicted octanol–water partition coefficient (Wildman–Crippen LogP) is 1.86. The maximum Gasteiger partial charge on any atom is 0.345 e. The number of nitrogens with zero attached hydrogens (tertiary/aromatic N) is 1. The van der Waals surface area contributed by atoms with Gasteiger partial charge in [0.25, 0.3) is 0 Å². The van der Waals surface area contributed by atoms with Crippen molar-refractivity contribution in [2.45, 2.75) is 12.6 Å². The van der Waals surface area contributed by atoms with E-state index in [-0.39, 0.29) is 6.23 Å². The van der Waals surface area contributed by atoms with Gasteiger partial charge < -0.3 is 9.26 Å². The molecule has 0 amide bonds. The van der Waals surface area contributed by atoms with Crippen molar-refractivity contribution in [2.75, 3.05) is 38.6 Å². The van der Waals surface area contributed by atoms with Crippen molar-refractivity contribution in [1.29, 1.82) is 0 Å². The molecule has 0 aromatic heterocycles. The van der Waals surface area contributed by atoms with Crippen LogP contribution in [0.4, 0.5) is 0 Å². The van der Waals surface area contributed by atoms with Gasteiger partial charge in [-0.1, -0.05) is 0 Å². The molecule has 0 bridgehead atoms. The van der Waals surface area contributed by atoms with Crippen molar-refractivity contribution in [2.24, 2.45) is 0 Å². The Kier molecular flexibility index (Phi) is 6.59. The number of hydrogen-bond acceptors (Lipinski definition) is 3. The van der Waals surface area contributed by atoms with Crippen molar-refractivity contribution >= 4 is 30.9 Å². The molecule has 0 aliphatic carbocycles. The SMILES string of the molecule is CO[C@@H]1CCOP(=O)(NCCCl)N1CCCl. The van der Waals surface area contributed by atoms with Crippen LogP contribution < -0.4 is 5.09 Å². The van der Waals surface area contributed by atoms with Crippen LogP contribution in [0.2, 0.25) is 0 Å². The minimum atomic E-state index is -3.04. The van der Waals surface area contributed by atoms with Gasteiger partial charge in [0.2, 0.25) is 0 Å². The number of halogens is 2. The maximum atomic E-state index is 12.5. The lowest BCUT2D eigenvalue weighted by Crippen LogP contribution is -2.44. The van der Waals surface area contributed by atoms with Crippen molar-refractivity contribution in [3.63, 3.8) is 0 Å². The van der Waals surface area contributed by atoms with Crippen LogP contribution in [0.1, 0.15) is 6.42 Å². The summed E-state index contributed by atoms with van der Waals surface area (Å²) in [6.45, 7) is 1.28. The molecule has 1 aliphatic rings. The first-order chi connectivity index (χ1) is 7.68. The predicted molar refractivity (Wildman–Crippen MR) is 65.1 cm³/mol. The second-order valence-corrected chi connectivity index (χ2v) is 6.17. The summed E-state index contributed by atoms with van der Waals surface area (Å²) in [4.78, 5) is 0. The summed E-state index contributed by atoms with van der Waals surface area (Å²) in [5, 5.41) is 2.84. The van der Waals surface area contributed by atoms with Crippen molar-refractivity contribution < 1.29 is 13.8 Å². The Morgan fingerprint density at radius 2 is 2.31 bits per heavy atom. The third-order valence-corrected chi connectivity index (χ3v) is 4.94. The van der Waals surface area contributed by atoms with Gasteiger partial charge in [0.05, 0.1) is 6.61 Å². The molecule has 16 heavy (non-hydrogen) atoms. The average molecular weight is 291 g/mol. The van der Waals surface area contributed by atoms with E-state index in [2.05, 4.69) is 5.09 Å². The molecule has 96 valence electrons. The number of ether oxygens (including phenoxy) is 1. The van der Waals surface area contributed by atoms with Crippen LogP contribution >= 0.6 is 30.9 Å². The lowest BCUT2D eigenvalue weighted by atomic mass is 10.4. The third kappa shape index (κ3) is 3.57. The Bertz CT molecular complexity index is 257. The topological polar surface area (TPSA) is 50.8 Å². The summed E-state index contributed by atoms with van der Waals surface area (Å²) in [7, 11) is -1.45. The number of methoxy groups -OCH3 is 1. The quantitative estimate of drug-likeness (QED) is 0.598. The lowest BCUT2D eigenvalue weighted by molar-refractivity contribution is -0.0268. The fourth-order valence-electron chi connectivity index (χ4n) is 1.59. The molecule has 1 unspecified atom stereocenters. The van der Waals surface area contributed by atoms with Gasteiger partial charge in [-0.05, 0) is 0 Å². The van der Waals surface area contributed by atoms with Gasteiger partial charge in [-0.25, -0.2) is 5.09 Å². The Balaban J connectivity index is 2.73. The molecule has 8 heteroatoms. The minimum absolute atomic E-state index is 0.221. The number of nitrogens with one attached hydrogen (secondary N) is 1. The van der Waals surface area contributed by atoms with Crippen molar-refractivity contribution in [3.8, 4) is 0 Å². The Hall–Kier alpha value is 0.650. The maximum absolute atomic E-state index is 12.5. The molecule has 1 saturated heterocycles. The second kappa shape index (κ2) is 7.17. The monoisotopic (exact) mass is 290 g/mol. The molecule has 2 atom stereocenters. The molecule has 1 aliphatic heterocycles. The molecular weight excluding hydrogens is 274 g/mol. The fraction of sp³-hybridized carbons (Fsp3) is 1.00. The van der Waals surface area contributed by atoms with E-state index in [1.807, 2.05) is 0 Å². The van der Waals surface area contributed by atoms with Crippen LogP contribution in [0.3, 0.4) is 0 Å².